The molecule has 0 radical (unpaired) electrons. The molecule has 3 aromatic rings. The minimum atomic E-state index is -0.818. The van der Waals surface area contributed by atoms with Crippen molar-refractivity contribution in [2.75, 3.05) is 10.7 Å². The molecule has 2 aromatic heterocycles. The third kappa shape index (κ3) is 4.57. The molecule has 148 valence electrons. The third-order valence-corrected chi connectivity index (χ3v) is 4.97. The fourth-order valence-corrected chi connectivity index (χ4v) is 2.84. The van der Waals surface area contributed by atoms with Gasteiger partial charge in [0.05, 0.1) is 11.1 Å². The second-order valence-electron chi connectivity index (χ2n) is 7.71. The summed E-state index contributed by atoms with van der Waals surface area (Å²) < 4.78 is 0. The first-order valence-corrected chi connectivity index (χ1v) is 9.69. The first-order valence-electron chi connectivity index (χ1n) is 9.69. The molecule has 0 bridgehead atoms. The van der Waals surface area contributed by atoms with Crippen LogP contribution in [0.5, 0.6) is 0 Å². The molecule has 0 aliphatic heterocycles. The Labute approximate surface area is 170 Å². The van der Waals surface area contributed by atoms with Crippen molar-refractivity contribution in [3.8, 4) is 11.1 Å². The Balaban J connectivity index is 1.44. The lowest BCUT2D eigenvalue weighted by atomic mass is 9.88. The number of rotatable bonds is 7. The van der Waals surface area contributed by atoms with E-state index < -0.39 is 5.41 Å². The molecule has 1 amide bonds. The van der Waals surface area contributed by atoms with E-state index >= 15 is 0 Å². The zero-order chi connectivity index (χ0) is 20.3. The Morgan fingerprint density at radius 3 is 2.52 bits per heavy atom. The minimum absolute atomic E-state index is 0.133. The second-order valence-corrected chi connectivity index (χ2v) is 7.71. The number of aromatic nitrogens is 3. The van der Waals surface area contributed by atoms with Gasteiger partial charge in [0.2, 0.25) is 11.9 Å². The van der Waals surface area contributed by atoms with Crippen molar-refractivity contribution in [3.05, 3.63) is 66.7 Å². The van der Waals surface area contributed by atoms with E-state index in [9.17, 15) is 4.79 Å². The van der Waals surface area contributed by atoms with E-state index in [1.807, 2.05) is 56.4 Å². The Bertz CT molecular complexity index is 984. The molecule has 7 heteroatoms. The molecule has 2 heterocycles. The Hall–Kier alpha value is -3.32. The molecule has 0 saturated heterocycles. The molecule has 4 rings (SSSR count). The van der Waals surface area contributed by atoms with Crippen LogP contribution in [0.4, 0.5) is 11.6 Å². The number of carbonyl (C=O) groups excluding carboxylic acids is 1. The molecule has 0 atom stereocenters. The van der Waals surface area contributed by atoms with Gasteiger partial charge in [-0.1, -0.05) is 18.2 Å². The number of amides is 1. The van der Waals surface area contributed by atoms with Crippen LogP contribution in [-0.4, -0.2) is 26.9 Å². The summed E-state index contributed by atoms with van der Waals surface area (Å²) in [4.78, 5) is 25.8. The number of hydrazine groups is 1. The maximum absolute atomic E-state index is 13.0. The smallest absolute Gasteiger partial charge is 0.237 e. The lowest BCUT2D eigenvalue weighted by molar-refractivity contribution is -0.120. The van der Waals surface area contributed by atoms with Crippen molar-refractivity contribution in [2.45, 2.75) is 38.1 Å². The van der Waals surface area contributed by atoms with Crippen molar-refractivity contribution >= 4 is 17.5 Å². The molecule has 0 spiro atoms. The van der Waals surface area contributed by atoms with Crippen LogP contribution in [0.15, 0.2) is 61.1 Å². The largest absolute Gasteiger partial charge is 0.325 e. The second kappa shape index (κ2) is 7.97. The minimum Gasteiger partial charge on any atom is -0.325 e. The summed E-state index contributed by atoms with van der Waals surface area (Å²) in [6.07, 6.45) is 7.53. The van der Waals surface area contributed by atoms with Gasteiger partial charge in [-0.05, 0) is 62.1 Å². The van der Waals surface area contributed by atoms with Crippen LogP contribution in [0, 0.1) is 0 Å². The van der Waals surface area contributed by atoms with E-state index in [4.69, 9.17) is 0 Å². The number of nitrogens with zero attached hydrogens (tertiary/aromatic N) is 3. The summed E-state index contributed by atoms with van der Waals surface area (Å²) in [5, 5.41) is 2.99. The third-order valence-electron chi connectivity index (χ3n) is 4.97. The summed E-state index contributed by atoms with van der Waals surface area (Å²) >= 11 is 0. The summed E-state index contributed by atoms with van der Waals surface area (Å²) in [6, 6.07) is 13.9. The fourth-order valence-electron chi connectivity index (χ4n) is 2.84. The number of hydrogen-bond donors (Lipinski definition) is 3. The van der Waals surface area contributed by atoms with E-state index in [1.54, 1.807) is 18.5 Å². The highest BCUT2D eigenvalue weighted by Crippen LogP contribution is 2.26. The Morgan fingerprint density at radius 2 is 1.83 bits per heavy atom. The molecular formula is C22H24N6O. The van der Waals surface area contributed by atoms with Gasteiger partial charge in [-0.15, -0.1) is 0 Å². The zero-order valence-corrected chi connectivity index (χ0v) is 16.5. The van der Waals surface area contributed by atoms with Crippen LogP contribution in [-0.2, 0) is 10.2 Å². The van der Waals surface area contributed by atoms with Crippen LogP contribution in [0.2, 0.25) is 0 Å². The van der Waals surface area contributed by atoms with Gasteiger partial charge in [-0.3, -0.25) is 15.2 Å². The molecule has 29 heavy (non-hydrogen) atoms. The maximum Gasteiger partial charge on any atom is 0.237 e. The molecule has 1 aliphatic carbocycles. The lowest BCUT2D eigenvalue weighted by Gasteiger charge is -2.23. The SMILES string of the molecule is CC(C)(C(=O)Nc1ccc(-c2cccnc2)cc1)c1ccnc(NNC2CC2)n1. The van der Waals surface area contributed by atoms with Crippen LogP contribution in [0.25, 0.3) is 11.1 Å². The average Bonchev–Trinajstić information content (AvgIpc) is 3.58. The van der Waals surface area contributed by atoms with Gasteiger partial charge in [0, 0.05) is 30.3 Å². The fraction of sp³-hybridized carbons (Fsp3) is 0.273. The van der Waals surface area contributed by atoms with E-state index in [1.165, 1.54) is 0 Å². The standard InChI is InChI=1S/C22H24N6O/c1-22(2,19-11-13-24-21(26-19)28-27-18-9-10-18)20(29)25-17-7-5-15(6-8-17)16-4-3-12-23-14-16/h3-8,11-14,18,27H,9-10H2,1-2H3,(H,25,29)(H,24,26,28). The molecule has 0 unspecified atom stereocenters. The molecule has 1 aromatic carbocycles. The van der Waals surface area contributed by atoms with Crippen molar-refractivity contribution < 1.29 is 4.79 Å². The maximum atomic E-state index is 13.0. The van der Waals surface area contributed by atoms with E-state index in [2.05, 4.69) is 31.1 Å². The number of pyridine rings is 1. The predicted molar refractivity (Wildman–Crippen MR) is 113 cm³/mol. The predicted octanol–water partition coefficient (Wildman–Crippen LogP) is 3.53. The number of hydrogen-bond acceptors (Lipinski definition) is 6. The highest BCUT2D eigenvalue weighted by molar-refractivity contribution is 5.98. The highest BCUT2D eigenvalue weighted by Gasteiger charge is 2.32. The van der Waals surface area contributed by atoms with Crippen LogP contribution in [0.1, 0.15) is 32.4 Å². The first-order chi connectivity index (χ1) is 14.0. The van der Waals surface area contributed by atoms with E-state index in [-0.39, 0.29) is 5.91 Å². The molecule has 1 saturated carbocycles. The van der Waals surface area contributed by atoms with Crippen LogP contribution >= 0.6 is 0 Å². The van der Waals surface area contributed by atoms with Gasteiger partial charge in [-0.2, -0.15) is 0 Å². The number of benzene rings is 1. The van der Waals surface area contributed by atoms with E-state index in [0.29, 0.717) is 17.7 Å². The zero-order valence-electron chi connectivity index (χ0n) is 16.5. The number of carbonyl (C=O) groups is 1. The molecular weight excluding hydrogens is 364 g/mol. The highest BCUT2D eigenvalue weighted by atomic mass is 16.2. The lowest BCUT2D eigenvalue weighted by Crippen LogP contribution is -2.36. The Morgan fingerprint density at radius 1 is 1.03 bits per heavy atom. The summed E-state index contributed by atoms with van der Waals surface area (Å²) in [5.74, 6) is 0.336. The van der Waals surface area contributed by atoms with Crippen LogP contribution < -0.4 is 16.2 Å². The summed E-state index contributed by atoms with van der Waals surface area (Å²) in [7, 11) is 0. The average molecular weight is 388 g/mol. The summed E-state index contributed by atoms with van der Waals surface area (Å²) in [6.45, 7) is 3.71. The normalized spacial score (nSPS) is 13.7. The Kier molecular flexibility index (Phi) is 5.22. The van der Waals surface area contributed by atoms with E-state index in [0.717, 1.165) is 29.7 Å². The summed E-state index contributed by atoms with van der Waals surface area (Å²) in [5.41, 5.74) is 8.83. The van der Waals surface area contributed by atoms with Crippen LogP contribution in [0.3, 0.4) is 0 Å². The van der Waals surface area contributed by atoms with Crippen molar-refractivity contribution in [2.24, 2.45) is 0 Å². The van der Waals surface area contributed by atoms with Crippen molar-refractivity contribution in [3.63, 3.8) is 0 Å². The number of nitrogens with one attached hydrogen (secondary N) is 3. The number of anilines is 2. The first kappa shape index (κ1) is 19.0. The van der Waals surface area contributed by atoms with Crippen molar-refractivity contribution in [1.82, 2.24) is 20.4 Å². The molecule has 7 nitrogen and oxygen atoms in total. The monoisotopic (exact) mass is 388 g/mol. The molecule has 1 fully saturated rings. The van der Waals surface area contributed by atoms with Gasteiger partial charge < -0.3 is 5.32 Å². The van der Waals surface area contributed by atoms with Gasteiger partial charge >= 0.3 is 0 Å². The van der Waals surface area contributed by atoms with Crippen molar-refractivity contribution in [1.29, 1.82) is 0 Å². The van der Waals surface area contributed by atoms with Gasteiger partial charge in [0.1, 0.15) is 0 Å². The topological polar surface area (TPSA) is 91.8 Å². The molecule has 1 aliphatic rings. The van der Waals surface area contributed by atoms with Gasteiger partial charge in [0.25, 0.3) is 0 Å². The quantitative estimate of drug-likeness (QED) is 0.536. The van der Waals surface area contributed by atoms with Gasteiger partial charge in [-0.25, -0.2) is 15.4 Å². The van der Waals surface area contributed by atoms with Gasteiger partial charge in [0.15, 0.2) is 0 Å². The molecule has 3 N–H and O–H groups in total.